The molecule has 0 unspecified atom stereocenters. The van der Waals surface area contributed by atoms with E-state index in [0.29, 0.717) is 5.82 Å². The van der Waals surface area contributed by atoms with Crippen molar-refractivity contribution in [1.82, 2.24) is 15.3 Å². The normalized spacial score (nSPS) is 14.8. The molecule has 3 N–H and O–H groups in total. The quantitative estimate of drug-likeness (QED) is 0.761. The van der Waals surface area contributed by atoms with Gasteiger partial charge in [-0.3, -0.25) is 0 Å². The van der Waals surface area contributed by atoms with Crippen LogP contribution in [-0.4, -0.2) is 16.5 Å². The number of nitrogen functional groups attached to an aromatic ring is 1. The first kappa shape index (κ1) is 12.8. The van der Waals surface area contributed by atoms with Crippen molar-refractivity contribution in [2.45, 2.75) is 19.4 Å². The van der Waals surface area contributed by atoms with Crippen molar-refractivity contribution in [3.8, 4) is 11.4 Å². The Bertz CT molecular complexity index is 612. The van der Waals surface area contributed by atoms with E-state index >= 15 is 0 Å². The van der Waals surface area contributed by atoms with Crippen LogP contribution in [0.25, 0.3) is 11.4 Å². The Hall–Kier alpha value is -1.21. The summed E-state index contributed by atoms with van der Waals surface area (Å²) in [5.41, 5.74) is 9.27. The molecule has 0 amide bonds. The van der Waals surface area contributed by atoms with E-state index in [0.717, 1.165) is 48.6 Å². The lowest BCUT2D eigenvalue weighted by Crippen LogP contribution is -2.14. The predicted octanol–water partition coefficient (Wildman–Crippen LogP) is 2.37. The third-order valence-corrected chi connectivity index (χ3v) is 3.95. The van der Waals surface area contributed by atoms with Crippen LogP contribution >= 0.6 is 22.6 Å². The van der Waals surface area contributed by atoms with Gasteiger partial charge in [0.25, 0.3) is 0 Å². The lowest BCUT2D eigenvalue weighted by Gasteiger charge is -2.10. The van der Waals surface area contributed by atoms with Crippen molar-refractivity contribution in [3.05, 3.63) is 39.1 Å². The van der Waals surface area contributed by atoms with Crippen molar-refractivity contribution in [2.24, 2.45) is 0 Å². The highest BCUT2D eigenvalue weighted by molar-refractivity contribution is 14.1. The largest absolute Gasteiger partial charge is 0.383 e. The molecule has 0 bridgehead atoms. The van der Waals surface area contributed by atoms with Crippen molar-refractivity contribution >= 4 is 28.4 Å². The molecule has 98 valence electrons. The van der Waals surface area contributed by atoms with Crippen LogP contribution in [0.15, 0.2) is 24.3 Å². The highest BCUT2D eigenvalue weighted by Gasteiger charge is 2.15. The minimum Gasteiger partial charge on any atom is -0.383 e. The number of aromatic nitrogens is 2. The fourth-order valence-corrected chi connectivity index (χ4v) is 2.84. The molecule has 0 saturated heterocycles. The number of nitrogens with zero attached hydrogens (tertiary/aromatic N) is 2. The first-order valence-corrected chi connectivity index (χ1v) is 7.44. The standard InChI is InChI=1S/C14H15IN4/c15-10-4-1-3-9(7-10)14-18-12-5-2-6-17-8-11(12)13(16)19-14/h1,3-4,7,17H,2,5-6,8H2,(H2,16,18,19). The number of nitrogens with one attached hydrogen (secondary N) is 1. The van der Waals surface area contributed by atoms with Crippen LogP contribution in [0.5, 0.6) is 0 Å². The van der Waals surface area contributed by atoms with Crippen LogP contribution in [0.2, 0.25) is 0 Å². The van der Waals surface area contributed by atoms with E-state index in [1.165, 1.54) is 3.57 Å². The second-order valence-electron chi connectivity index (χ2n) is 4.65. The van der Waals surface area contributed by atoms with E-state index in [9.17, 15) is 0 Å². The molecular formula is C14H15IN4. The number of rotatable bonds is 1. The lowest BCUT2D eigenvalue weighted by molar-refractivity contribution is 0.680. The molecule has 2 heterocycles. The van der Waals surface area contributed by atoms with Crippen LogP contribution in [-0.2, 0) is 13.0 Å². The van der Waals surface area contributed by atoms with Gasteiger partial charge in [0.15, 0.2) is 5.82 Å². The van der Waals surface area contributed by atoms with Gasteiger partial charge < -0.3 is 11.1 Å². The van der Waals surface area contributed by atoms with Gasteiger partial charge in [-0.2, -0.15) is 0 Å². The molecule has 4 nitrogen and oxygen atoms in total. The molecule has 19 heavy (non-hydrogen) atoms. The van der Waals surface area contributed by atoms with E-state index in [-0.39, 0.29) is 0 Å². The summed E-state index contributed by atoms with van der Waals surface area (Å²) in [6.45, 7) is 1.78. The Morgan fingerprint density at radius 2 is 2.16 bits per heavy atom. The zero-order valence-corrected chi connectivity index (χ0v) is 12.6. The first-order chi connectivity index (χ1) is 9.24. The maximum absolute atomic E-state index is 6.09. The van der Waals surface area contributed by atoms with Crippen molar-refractivity contribution in [3.63, 3.8) is 0 Å². The average Bonchev–Trinajstić information content (AvgIpc) is 2.64. The topological polar surface area (TPSA) is 63.8 Å². The molecule has 1 aromatic carbocycles. The van der Waals surface area contributed by atoms with Gasteiger partial charge in [0.05, 0.1) is 5.69 Å². The Kier molecular flexibility index (Phi) is 3.65. The van der Waals surface area contributed by atoms with Gasteiger partial charge in [0, 0.05) is 21.2 Å². The van der Waals surface area contributed by atoms with Gasteiger partial charge in [-0.05, 0) is 54.1 Å². The van der Waals surface area contributed by atoms with Gasteiger partial charge in [-0.15, -0.1) is 0 Å². The molecule has 2 aromatic rings. The third-order valence-electron chi connectivity index (χ3n) is 3.28. The molecule has 1 aliphatic rings. The van der Waals surface area contributed by atoms with E-state index in [2.05, 4.69) is 45.0 Å². The number of halogens is 1. The molecule has 1 aliphatic heterocycles. The van der Waals surface area contributed by atoms with E-state index in [1.54, 1.807) is 0 Å². The summed E-state index contributed by atoms with van der Waals surface area (Å²) in [4.78, 5) is 9.17. The minimum absolute atomic E-state index is 0.605. The maximum Gasteiger partial charge on any atom is 0.161 e. The van der Waals surface area contributed by atoms with E-state index in [4.69, 9.17) is 10.7 Å². The maximum atomic E-state index is 6.09. The summed E-state index contributed by atoms with van der Waals surface area (Å²) < 4.78 is 1.17. The predicted molar refractivity (Wildman–Crippen MR) is 84.6 cm³/mol. The summed E-state index contributed by atoms with van der Waals surface area (Å²) in [7, 11) is 0. The van der Waals surface area contributed by atoms with Crippen LogP contribution in [0.3, 0.4) is 0 Å². The molecule has 0 atom stereocenters. The molecule has 0 fully saturated rings. The Morgan fingerprint density at radius 1 is 1.26 bits per heavy atom. The Labute approximate surface area is 126 Å². The number of anilines is 1. The highest BCUT2D eigenvalue weighted by atomic mass is 127. The summed E-state index contributed by atoms with van der Waals surface area (Å²) in [6.07, 6.45) is 2.06. The van der Waals surface area contributed by atoms with Gasteiger partial charge in [0.2, 0.25) is 0 Å². The molecular weight excluding hydrogens is 351 g/mol. The second kappa shape index (κ2) is 5.42. The van der Waals surface area contributed by atoms with Crippen LogP contribution in [0.1, 0.15) is 17.7 Å². The third kappa shape index (κ3) is 2.71. The molecule has 0 aliphatic carbocycles. The zero-order valence-electron chi connectivity index (χ0n) is 10.5. The number of nitrogens with two attached hydrogens (primary N) is 1. The molecule has 0 spiro atoms. The van der Waals surface area contributed by atoms with Crippen molar-refractivity contribution < 1.29 is 0 Å². The summed E-state index contributed by atoms with van der Waals surface area (Å²) in [5, 5.41) is 3.35. The van der Waals surface area contributed by atoms with Crippen molar-refractivity contribution in [2.75, 3.05) is 12.3 Å². The molecule has 1 aromatic heterocycles. The minimum atomic E-state index is 0.605. The molecule has 5 heteroatoms. The number of fused-ring (bicyclic) bond motifs is 1. The Balaban J connectivity index is 2.09. The van der Waals surface area contributed by atoms with Gasteiger partial charge in [-0.25, -0.2) is 9.97 Å². The monoisotopic (exact) mass is 366 g/mol. The molecule has 0 saturated carbocycles. The Morgan fingerprint density at radius 3 is 3.00 bits per heavy atom. The van der Waals surface area contributed by atoms with Crippen LogP contribution < -0.4 is 11.1 Å². The number of benzene rings is 1. The van der Waals surface area contributed by atoms with Gasteiger partial charge in [-0.1, -0.05) is 12.1 Å². The molecule has 3 rings (SSSR count). The van der Waals surface area contributed by atoms with Crippen molar-refractivity contribution in [1.29, 1.82) is 0 Å². The SMILES string of the molecule is Nc1nc(-c2cccc(I)c2)nc2c1CNCCC2. The first-order valence-electron chi connectivity index (χ1n) is 6.36. The second-order valence-corrected chi connectivity index (χ2v) is 5.89. The van der Waals surface area contributed by atoms with Crippen LogP contribution in [0, 0.1) is 3.57 Å². The smallest absolute Gasteiger partial charge is 0.161 e. The fourth-order valence-electron chi connectivity index (χ4n) is 2.30. The number of hydrogen-bond donors (Lipinski definition) is 2. The van der Waals surface area contributed by atoms with Gasteiger partial charge >= 0.3 is 0 Å². The summed E-state index contributed by atoms with van der Waals surface area (Å²) in [6, 6.07) is 8.18. The van der Waals surface area contributed by atoms with Crippen LogP contribution in [0.4, 0.5) is 5.82 Å². The summed E-state index contributed by atoms with van der Waals surface area (Å²) >= 11 is 2.29. The summed E-state index contributed by atoms with van der Waals surface area (Å²) in [5.74, 6) is 1.34. The lowest BCUT2D eigenvalue weighted by atomic mass is 10.1. The van der Waals surface area contributed by atoms with E-state index in [1.807, 2.05) is 12.1 Å². The highest BCUT2D eigenvalue weighted by Crippen LogP contribution is 2.23. The number of aryl methyl sites for hydroxylation is 1. The average molecular weight is 366 g/mol. The molecule has 0 radical (unpaired) electrons. The van der Waals surface area contributed by atoms with E-state index < -0.39 is 0 Å². The zero-order chi connectivity index (χ0) is 13.2. The number of hydrogen-bond acceptors (Lipinski definition) is 4. The van der Waals surface area contributed by atoms with Gasteiger partial charge in [0.1, 0.15) is 5.82 Å². The fraction of sp³-hybridized carbons (Fsp3) is 0.286.